The van der Waals surface area contributed by atoms with E-state index in [0.29, 0.717) is 18.0 Å². The zero-order valence-corrected chi connectivity index (χ0v) is 17.4. The van der Waals surface area contributed by atoms with E-state index < -0.39 is 18.0 Å². The third kappa shape index (κ3) is 5.04. The molecule has 1 saturated carbocycles. The molecular formula is C21H24F3N5O3. The number of anilines is 1. The highest BCUT2D eigenvalue weighted by atomic mass is 19.4. The lowest BCUT2D eigenvalue weighted by Crippen LogP contribution is -2.33. The van der Waals surface area contributed by atoms with Gasteiger partial charge in [0.1, 0.15) is 22.8 Å². The Morgan fingerprint density at radius 3 is 2.47 bits per heavy atom. The smallest absolute Gasteiger partial charge is 0.406 e. The molecule has 172 valence electrons. The van der Waals surface area contributed by atoms with Crippen LogP contribution in [0.25, 0.3) is 11.3 Å². The summed E-state index contributed by atoms with van der Waals surface area (Å²) >= 11 is 0. The number of ether oxygens (including phenoxy) is 1. The molecule has 8 nitrogen and oxygen atoms in total. The van der Waals surface area contributed by atoms with Crippen molar-refractivity contribution in [1.82, 2.24) is 14.7 Å². The number of carbonyl (C=O) groups is 2. The molecule has 4 N–H and O–H groups in total. The van der Waals surface area contributed by atoms with E-state index >= 15 is 0 Å². The lowest BCUT2D eigenvalue weighted by atomic mass is 9.78. The third-order valence-corrected chi connectivity index (χ3v) is 5.54. The minimum atomic E-state index is -4.81. The lowest BCUT2D eigenvalue weighted by Gasteiger charge is -2.36. The van der Waals surface area contributed by atoms with Gasteiger partial charge in [-0.3, -0.25) is 9.59 Å². The summed E-state index contributed by atoms with van der Waals surface area (Å²) in [7, 11) is 1.71. The van der Waals surface area contributed by atoms with Gasteiger partial charge in [-0.05, 0) is 55.5 Å². The number of hydrogen-bond donors (Lipinski definition) is 2. The number of likely N-dealkylation sites (N-methyl/N-ethyl adjacent to an activating group) is 1. The minimum absolute atomic E-state index is 0.0225. The number of hydrogen-bond acceptors (Lipinski definition) is 5. The zero-order valence-electron chi connectivity index (χ0n) is 17.4. The maximum Gasteiger partial charge on any atom is 0.573 e. The number of benzene rings is 1. The van der Waals surface area contributed by atoms with E-state index in [2.05, 4.69) is 16.4 Å². The van der Waals surface area contributed by atoms with E-state index in [1.165, 1.54) is 18.2 Å². The van der Waals surface area contributed by atoms with Gasteiger partial charge in [0, 0.05) is 19.2 Å². The van der Waals surface area contributed by atoms with Crippen molar-refractivity contribution in [3.05, 3.63) is 42.5 Å². The van der Waals surface area contributed by atoms with Gasteiger partial charge in [-0.1, -0.05) is 6.58 Å². The molecule has 0 saturated heterocycles. The fourth-order valence-electron chi connectivity index (χ4n) is 3.76. The van der Waals surface area contributed by atoms with Crippen LogP contribution in [0.3, 0.4) is 0 Å². The Hall–Kier alpha value is -3.50. The van der Waals surface area contributed by atoms with Crippen LogP contribution in [0.15, 0.2) is 36.9 Å². The molecule has 0 atom stereocenters. The van der Waals surface area contributed by atoms with Crippen molar-refractivity contribution in [3.8, 4) is 17.0 Å². The maximum absolute atomic E-state index is 12.4. The number of nitrogens with zero attached hydrogens (tertiary/aromatic N) is 3. The summed E-state index contributed by atoms with van der Waals surface area (Å²) in [6.07, 6.45) is -1.21. The van der Waals surface area contributed by atoms with Crippen LogP contribution in [0.1, 0.15) is 35.7 Å². The van der Waals surface area contributed by atoms with Crippen LogP contribution < -0.4 is 16.2 Å². The quantitative estimate of drug-likeness (QED) is 0.598. The largest absolute Gasteiger partial charge is 0.573 e. The summed E-state index contributed by atoms with van der Waals surface area (Å²) in [4.78, 5) is 25.2. The highest BCUT2D eigenvalue weighted by Gasteiger charge is 2.35. The standard InChI is InChI=1S/C21H24F3N5O3/c1-3-16(30)28(2)9-8-12-10-14(11-12)29-19(25)17(20(26)31)18(27-29)13-4-6-15(7-5-13)32-21(22,23)24/h3-7,12,14H,1,8-11,25H2,2H3,(H2,26,31). The Morgan fingerprint density at radius 1 is 1.31 bits per heavy atom. The topological polar surface area (TPSA) is 116 Å². The van der Waals surface area contributed by atoms with Gasteiger partial charge in [-0.2, -0.15) is 5.10 Å². The number of primary amides is 1. The lowest BCUT2D eigenvalue weighted by molar-refractivity contribution is -0.274. The number of alkyl halides is 3. The fraction of sp³-hybridized carbons (Fsp3) is 0.381. The van der Waals surface area contributed by atoms with Crippen molar-refractivity contribution in [1.29, 1.82) is 0 Å². The number of amides is 2. The monoisotopic (exact) mass is 451 g/mol. The van der Waals surface area contributed by atoms with E-state index in [-0.39, 0.29) is 29.0 Å². The van der Waals surface area contributed by atoms with Crippen LogP contribution in [0.5, 0.6) is 5.75 Å². The molecule has 3 rings (SSSR count). The number of halogens is 3. The van der Waals surface area contributed by atoms with Crippen LogP contribution >= 0.6 is 0 Å². The molecule has 0 spiro atoms. The molecule has 11 heteroatoms. The molecule has 1 heterocycles. The second-order valence-electron chi connectivity index (χ2n) is 7.73. The van der Waals surface area contributed by atoms with E-state index in [1.807, 2.05) is 0 Å². The van der Waals surface area contributed by atoms with Gasteiger partial charge < -0.3 is 21.1 Å². The first-order valence-electron chi connectivity index (χ1n) is 9.91. The normalized spacial score (nSPS) is 18.0. The molecule has 2 aromatic rings. The van der Waals surface area contributed by atoms with Crippen LogP contribution in [0, 0.1) is 5.92 Å². The molecule has 32 heavy (non-hydrogen) atoms. The van der Waals surface area contributed by atoms with Gasteiger partial charge in [-0.25, -0.2) is 4.68 Å². The maximum atomic E-state index is 12.4. The number of rotatable bonds is 8. The van der Waals surface area contributed by atoms with Gasteiger partial charge in [0.15, 0.2) is 0 Å². The molecule has 0 radical (unpaired) electrons. The van der Waals surface area contributed by atoms with Crippen LogP contribution in [0.2, 0.25) is 0 Å². The van der Waals surface area contributed by atoms with Crippen molar-refractivity contribution in [2.45, 2.75) is 31.7 Å². The summed E-state index contributed by atoms with van der Waals surface area (Å²) in [5.41, 5.74) is 12.3. The first-order chi connectivity index (χ1) is 15.0. The predicted molar refractivity (Wildman–Crippen MR) is 111 cm³/mol. The highest BCUT2D eigenvalue weighted by molar-refractivity contribution is 6.03. The van der Waals surface area contributed by atoms with Crippen LogP contribution in [0.4, 0.5) is 19.0 Å². The summed E-state index contributed by atoms with van der Waals surface area (Å²) in [6.45, 7) is 4.06. The van der Waals surface area contributed by atoms with Crippen molar-refractivity contribution in [2.75, 3.05) is 19.3 Å². The van der Waals surface area contributed by atoms with E-state index in [0.717, 1.165) is 31.4 Å². The van der Waals surface area contributed by atoms with Crippen molar-refractivity contribution in [2.24, 2.45) is 11.7 Å². The molecule has 1 aliphatic carbocycles. The molecule has 1 aliphatic rings. The Morgan fingerprint density at radius 2 is 1.94 bits per heavy atom. The first-order valence-corrected chi connectivity index (χ1v) is 9.91. The van der Waals surface area contributed by atoms with Gasteiger partial charge >= 0.3 is 6.36 Å². The van der Waals surface area contributed by atoms with Crippen LogP contribution in [-0.2, 0) is 4.79 Å². The summed E-state index contributed by atoms with van der Waals surface area (Å²) in [5.74, 6) is -0.830. The third-order valence-electron chi connectivity index (χ3n) is 5.54. The number of carbonyl (C=O) groups excluding carboxylic acids is 2. The molecular weight excluding hydrogens is 427 g/mol. The molecule has 1 aromatic carbocycles. The van der Waals surface area contributed by atoms with E-state index in [4.69, 9.17) is 11.5 Å². The summed E-state index contributed by atoms with van der Waals surface area (Å²) in [6, 6.07) is 4.93. The minimum Gasteiger partial charge on any atom is -0.406 e. The Balaban J connectivity index is 1.74. The van der Waals surface area contributed by atoms with Gasteiger partial charge in [-0.15, -0.1) is 13.2 Å². The fourth-order valence-corrected chi connectivity index (χ4v) is 3.76. The van der Waals surface area contributed by atoms with Crippen molar-refractivity contribution in [3.63, 3.8) is 0 Å². The number of aromatic nitrogens is 2. The molecule has 0 aliphatic heterocycles. The summed E-state index contributed by atoms with van der Waals surface area (Å²) < 4.78 is 42.5. The molecule has 1 aromatic heterocycles. The van der Waals surface area contributed by atoms with Gasteiger partial charge in [0.05, 0.1) is 6.04 Å². The SMILES string of the molecule is C=CC(=O)N(C)CCC1CC(n2nc(-c3ccc(OC(F)(F)F)cc3)c(C(N)=O)c2N)C1. The average molecular weight is 451 g/mol. The Kier molecular flexibility index (Phi) is 6.47. The van der Waals surface area contributed by atoms with Gasteiger partial charge in [0.25, 0.3) is 5.91 Å². The zero-order chi connectivity index (χ0) is 23.6. The second-order valence-corrected chi connectivity index (χ2v) is 7.73. The molecule has 0 unspecified atom stereocenters. The average Bonchev–Trinajstić information content (AvgIpc) is 3.02. The van der Waals surface area contributed by atoms with Crippen LogP contribution in [-0.4, -0.2) is 46.4 Å². The van der Waals surface area contributed by atoms with Crippen molar-refractivity contribution < 1.29 is 27.5 Å². The molecule has 2 amide bonds. The Labute approximate surface area is 182 Å². The second kappa shape index (κ2) is 8.93. The Bertz CT molecular complexity index is 1010. The number of nitrogens with two attached hydrogens (primary N) is 2. The number of nitrogen functional groups attached to an aromatic ring is 1. The van der Waals surface area contributed by atoms with Crippen molar-refractivity contribution >= 4 is 17.6 Å². The molecule has 0 bridgehead atoms. The highest BCUT2D eigenvalue weighted by Crippen LogP contribution is 2.42. The van der Waals surface area contributed by atoms with E-state index in [9.17, 15) is 22.8 Å². The predicted octanol–water partition coefficient (Wildman–Crippen LogP) is 3.12. The van der Waals surface area contributed by atoms with Gasteiger partial charge in [0.2, 0.25) is 5.91 Å². The van der Waals surface area contributed by atoms with E-state index in [1.54, 1.807) is 16.6 Å². The summed E-state index contributed by atoms with van der Waals surface area (Å²) in [5, 5.41) is 4.45. The first kappa shape index (κ1) is 23.2. The molecule has 1 fully saturated rings.